The summed E-state index contributed by atoms with van der Waals surface area (Å²) in [4.78, 5) is 2.19. The van der Waals surface area contributed by atoms with Crippen LogP contribution in [0.5, 0.6) is 0 Å². The summed E-state index contributed by atoms with van der Waals surface area (Å²) in [6, 6.07) is 4.37. The van der Waals surface area contributed by atoms with E-state index in [-0.39, 0.29) is 17.8 Å². The summed E-state index contributed by atoms with van der Waals surface area (Å²) in [5.74, 6) is -0.487. The molecule has 0 radical (unpaired) electrons. The standard InChI is InChI=1S/C13H18FN3O/c14-10-2-1-9(12(7-10)13(15)16)8-17-5-3-11(18)4-6-17/h1-2,7,11,18H,3-6,8H2,(H3,15,16). The Balaban J connectivity index is 2.11. The molecule has 98 valence electrons. The summed E-state index contributed by atoms with van der Waals surface area (Å²) in [7, 11) is 0. The second-order valence-electron chi connectivity index (χ2n) is 4.72. The van der Waals surface area contributed by atoms with Crippen LogP contribution >= 0.6 is 0 Å². The van der Waals surface area contributed by atoms with Crippen molar-refractivity contribution in [2.75, 3.05) is 13.1 Å². The SMILES string of the molecule is N=C(N)c1cc(F)ccc1CN1CCC(O)CC1. The molecule has 0 bridgehead atoms. The quantitative estimate of drug-likeness (QED) is 0.555. The molecule has 1 fully saturated rings. The number of halogens is 1. The lowest BCUT2D eigenvalue weighted by Gasteiger charge is -2.30. The topological polar surface area (TPSA) is 73.3 Å². The Labute approximate surface area is 106 Å². The number of hydrogen-bond acceptors (Lipinski definition) is 3. The molecule has 1 aromatic rings. The van der Waals surface area contributed by atoms with Crippen LogP contribution in [-0.4, -0.2) is 35.0 Å². The average molecular weight is 251 g/mol. The maximum atomic E-state index is 13.1. The highest BCUT2D eigenvalue weighted by Gasteiger charge is 2.18. The van der Waals surface area contributed by atoms with Crippen molar-refractivity contribution in [1.82, 2.24) is 4.90 Å². The van der Waals surface area contributed by atoms with Crippen molar-refractivity contribution in [3.63, 3.8) is 0 Å². The molecule has 4 N–H and O–H groups in total. The van der Waals surface area contributed by atoms with E-state index in [1.165, 1.54) is 12.1 Å². The van der Waals surface area contributed by atoms with Crippen LogP contribution in [0.15, 0.2) is 18.2 Å². The minimum Gasteiger partial charge on any atom is -0.393 e. The Hall–Kier alpha value is -1.46. The summed E-state index contributed by atoms with van der Waals surface area (Å²) in [6.45, 7) is 2.27. The predicted molar refractivity (Wildman–Crippen MR) is 67.9 cm³/mol. The molecule has 4 nitrogen and oxygen atoms in total. The third-order valence-corrected chi connectivity index (χ3v) is 3.31. The molecular formula is C13H18FN3O. The van der Waals surface area contributed by atoms with Crippen LogP contribution in [-0.2, 0) is 6.54 Å². The van der Waals surface area contributed by atoms with E-state index in [2.05, 4.69) is 4.90 Å². The smallest absolute Gasteiger partial charge is 0.123 e. The van der Waals surface area contributed by atoms with Gasteiger partial charge in [-0.3, -0.25) is 10.3 Å². The number of hydrogen-bond donors (Lipinski definition) is 3. The van der Waals surface area contributed by atoms with Gasteiger partial charge in [0.2, 0.25) is 0 Å². The molecule has 1 aliphatic rings. The minimum atomic E-state index is -0.377. The fraction of sp³-hybridized carbons (Fsp3) is 0.462. The van der Waals surface area contributed by atoms with E-state index in [4.69, 9.17) is 11.1 Å². The summed E-state index contributed by atoms with van der Waals surface area (Å²) in [5.41, 5.74) is 6.79. The molecule has 0 saturated carbocycles. The van der Waals surface area contributed by atoms with Crippen molar-refractivity contribution >= 4 is 5.84 Å². The van der Waals surface area contributed by atoms with E-state index in [9.17, 15) is 9.50 Å². The molecule has 0 unspecified atom stereocenters. The number of rotatable bonds is 3. The highest BCUT2D eigenvalue weighted by atomic mass is 19.1. The first-order chi connectivity index (χ1) is 8.56. The van der Waals surface area contributed by atoms with E-state index in [1.807, 2.05) is 0 Å². The van der Waals surface area contributed by atoms with Crippen molar-refractivity contribution in [3.8, 4) is 0 Å². The molecule has 1 saturated heterocycles. The predicted octanol–water partition coefficient (Wildman–Crippen LogP) is 1.07. The van der Waals surface area contributed by atoms with Gasteiger partial charge >= 0.3 is 0 Å². The van der Waals surface area contributed by atoms with E-state index >= 15 is 0 Å². The lowest BCUT2D eigenvalue weighted by atomic mass is 10.0. The van der Waals surface area contributed by atoms with Crippen LogP contribution in [0.4, 0.5) is 4.39 Å². The molecule has 1 aliphatic heterocycles. The molecule has 0 spiro atoms. The first-order valence-corrected chi connectivity index (χ1v) is 6.09. The van der Waals surface area contributed by atoms with Crippen molar-refractivity contribution in [1.29, 1.82) is 5.41 Å². The number of nitrogens with one attached hydrogen (secondary N) is 1. The third kappa shape index (κ3) is 3.05. The Kier molecular flexibility index (Phi) is 3.93. The van der Waals surface area contributed by atoms with Gasteiger partial charge in [-0.05, 0) is 30.5 Å². The first-order valence-electron chi connectivity index (χ1n) is 6.09. The fourth-order valence-electron chi connectivity index (χ4n) is 2.26. The molecule has 18 heavy (non-hydrogen) atoms. The van der Waals surface area contributed by atoms with Crippen molar-refractivity contribution in [2.45, 2.75) is 25.5 Å². The summed E-state index contributed by atoms with van der Waals surface area (Å²) in [5, 5.41) is 16.9. The van der Waals surface area contributed by atoms with Crippen LogP contribution in [0.1, 0.15) is 24.0 Å². The van der Waals surface area contributed by atoms with E-state index < -0.39 is 0 Å². The summed E-state index contributed by atoms with van der Waals surface area (Å²) in [6.07, 6.45) is 1.31. The highest BCUT2D eigenvalue weighted by Crippen LogP contribution is 2.17. The Morgan fingerprint density at radius 3 is 2.72 bits per heavy atom. The van der Waals surface area contributed by atoms with Gasteiger partial charge in [0.1, 0.15) is 11.7 Å². The number of benzene rings is 1. The minimum absolute atomic E-state index is 0.110. The van der Waals surface area contributed by atoms with E-state index in [0.717, 1.165) is 31.5 Å². The van der Waals surface area contributed by atoms with E-state index in [0.29, 0.717) is 12.1 Å². The third-order valence-electron chi connectivity index (χ3n) is 3.31. The summed E-state index contributed by atoms with van der Waals surface area (Å²) < 4.78 is 13.1. The lowest BCUT2D eigenvalue weighted by molar-refractivity contribution is 0.0792. The van der Waals surface area contributed by atoms with Gasteiger partial charge in [0, 0.05) is 25.2 Å². The monoisotopic (exact) mass is 251 g/mol. The van der Waals surface area contributed by atoms with Gasteiger partial charge in [0.25, 0.3) is 0 Å². The van der Waals surface area contributed by atoms with Crippen molar-refractivity contribution in [3.05, 3.63) is 35.1 Å². The second-order valence-corrected chi connectivity index (χ2v) is 4.72. The lowest BCUT2D eigenvalue weighted by Crippen LogP contribution is -2.35. The molecule has 0 atom stereocenters. The number of piperidine rings is 1. The maximum Gasteiger partial charge on any atom is 0.123 e. The van der Waals surface area contributed by atoms with Crippen molar-refractivity contribution in [2.24, 2.45) is 5.73 Å². The fourth-order valence-corrected chi connectivity index (χ4v) is 2.26. The number of aliphatic hydroxyl groups is 1. The number of nitrogens with two attached hydrogens (primary N) is 1. The molecule has 0 aliphatic carbocycles. The molecule has 1 aromatic carbocycles. The zero-order valence-electron chi connectivity index (χ0n) is 10.2. The molecule has 0 aromatic heterocycles. The molecule has 5 heteroatoms. The average Bonchev–Trinajstić information content (AvgIpc) is 2.34. The number of likely N-dealkylation sites (tertiary alicyclic amines) is 1. The van der Waals surface area contributed by atoms with Gasteiger partial charge in [-0.15, -0.1) is 0 Å². The van der Waals surface area contributed by atoms with Crippen LogP contribution in [0.3, 0.4) is 0 Å². The normalized spacial score (nSPS) is 17.9. The summed E-state index contributed by atoms with van der Waals surface area (Å²) >= 11 is 0. The zero-order valence-corrected chi connectivity index (χ0v) is 10.2. The van der Waals surface area contributed by atoms with Gasteiger partial charge in [0.05, 0.1) is 6.10 Å². The van der Waals surface area contributed by atoms with Crippen LogP contribution in [0.2, 0.25) is 0 Å². The van der Waals surface area contributed by atoms with Crippen LogP contribution < -0.4 is 5.73 Å². The Morgan fingerprint density at radius 1 is 1.44 bits per heavy atom. The van der Waals surface area contributed by atoms with Crippen LogP contribution in [0.25, 0.3) is 0 Å². The molecule has 1 heterocycles. The number of aliphatic hydroxyl groups excluding tert-OH is 1. The number of nitrogens with zero attached hydrogens (tertiary/aromatic N) is 1. The number of nitrogen functional groups attached to an aromatic ring is 1. The van der Waals surface area contributed by atoms with Gasteiger partial charge in [-0.1, -0.05) is 6.07 Å². The van der Waals surface area contributed by atoms with Gasteiger partial charge < -0.3 is 10.8 Å². The molecule has 2 rings (SSSR count). The van der Waals surface area contributed by atoms with Crippen molar-refractivity contribution < 1.29 is 9.50 Å². The number of amidine groups is 1. The maximum absolute atomic E-state index is 13.1. The Bertz CT molecular complexity index is 442. The van der Waals surface area contributed by atoms with Gasteiger partial charge in [-0.2, -0.15) is 0 Å². The largest absolute Gasteiger partial charge is 0.393 e. The van der Waals surface area contributed by atoms with Gasteiger partial charge in [-0.25, -0.2) is 4.39 Å². The second kappa shape index (κ2) is 5.46. The zero-order chi connectivity index (χ0) is 13.1. The van der Waals surface area contributed by atoms with Crippen LogP contribution in [0, 0.1) is 11.2 Å². The highest BCUT2D eigenvalue weighted by molar-refractivity contribution is 5.96. The Morgan fingerprint density at radius 2 is 2.11 bits per heavy atom. The molecule has 0 amide bonds. The first kappa shape index (κ1) is 13.0. The van der Waals surface area contributed by atoms with E-state index in [1.54, 1.807) is 6.07 Å². The molecular weight excluding hydrogens is 233 g/mol. The van der Waals surface area contributed by atoms with Gasteiger partial charge in [0.15, 0.2) is 0 Å².